The molecule has 1 aromatic rings. The molecule has 10 heteroatoms. The summed E-state index contributed by atoms with van der Waals surface area (Å²) in [5, 5.41) is 23.0. The van der Waals surface area contributed by atoms with E-state index in [1.807, 2.05) is 13.8 Å². The van der Waals surface area contributed by atoms with Crippen LogP contribution in [0.2, 0.25) is 0 Å². The number of amides is 1. The maximum atomic E-state index is 13.6. The van der Waals surface area contributed by atoms with E-state index in [1.54, 1.807) is 12.1 Å². The summed E-state index contributed by atoms with van der Waals surface area (Å²) in [5.41, 5.74) is 0. The van der Waals surface area contributed by atoms with Crippen molar-refractivity contribution in [3.05, 3.63) is 24.3 Å². The van der Waals surface area contributed by atoms with Crippen molar-refractivity contribution < 1.29 is 33.0 Å². The molecule has 0 aromatic heterocycles. The molecular weight excluding hydrogens is 496 g/mol. The fraction of sp³-hybridized carbons (Fsp3) is 0.704. The predicted octanol–water partition coefficient (Wildman–Crippen LogP) is 3.80. The van der Waals surface area contributed by atoms with Crippen molar-refractivity contribution in [2.45, 2.75) is 95.1 Å². The number of methoxy groups -OCH3 is 1. The van der Waals surface area contributed by atoms with Gasteiger partial charge in [0.05, 0.1) is 24.2 Å². The number of aliphatic carboxylic acids is 1. The maximum absolute atomic E-state index is 13.6. The molecule has 2 atom stereocenters. The van der Waals surface area contributed by atoms with Gasteiger partial charge in [-0.3, -0.25) is 9.59 Å². The Balaban J connectivity index is 2.21. The highest BCUT2D eigenvalue weighted by Gasteiger charge is 2.32. The van der Waals surface area contributed by atoms with Crippen molar-refractivity contribution >= 4 is 21.9 Å². The van der Waals surface area contributed by atoms with Gasteiger partial charge in [-0.05, 0) is 55.4 Å². The first-order valence-corrected chi connectivity index (χ1v) is 14.8. The Labute approximate surface area is 221 Å². The number of benzene rings is 1. The molecule has 9 nitrogen and oxygen atoms in total. The zero-order valence-electron chi connectivity index (χ0n) is 22.4. The smallest absolute Gasteiger partial charge is 0.303 e. The lowest BCUT2D eigenvalue weighted by Gasteiger charge is -2.33. The van der Waals surface area contributed by atoms with Crippen LogP contribution in [0.1, 0.15) is 78.1 Å². The first kappa shape index (κ1) is 31.1. The zero-order chi connectivity index (χ0) is 27.4. The molecule has 37 heavy (non-hydrogen) atoms. The Morgan fingerprint density at radius 3 is 2.32 bits per heavy atom. The molecule has 0 spiro atoms. The number of carboxylic acid groups (broad SMARTS) is 1. The van der Waals surface area contributed by atoms with Crippen LogP contribution < -0.4 is 10.1 Å². The third-order valence-electron chi connectivity index (χ3n) is 6.96. The number of sulfonamides is 1. The van der Waals surface area contributed by atoms with Gasteiger partial charge in [0.2, 0.25) is 15.9 Å². The molecule has 1 aromatic carbocycles. The molecule has 210 valence electrons. The number of nitrogens with one attached hydrogen (secondary N) is 1. The van der Waals surface area contributed by atoms with E-state index in [0.29, 0.717) is 24.5 Å². The van der Waals surface area contributed by atoms with Crippen molar-refractivity contribution in [2.75, 3.05) is 20.2 Å². The molecule has 1 saturated carbocycles. The Hall–Kier alpha value is -2.17. The van der Waals surface area contributed by atoms with Gasteiger partial charge in [-0.15, -0.1) is 0 Å². The van der Waals surface area contributed by atoms with Crippen LogP contribution in [-0.4, -0.2) is 67.2 Å². The van der Waals surface area contributed by atoms with Gasteiger partial charge in [0, 0.05) is 25.9 Å². The molecule has 0 bridgehead atoms. The second-order valence-corrected chi connectivity index (χ2v) is 12.4. The summed E-state index contributed by atoms with van der Waals surface area (Å²) >= 11 is 0. The maximum Gasteiger partial charge on any atom is 0.303 e. The summed E-state index contributed by atoms with van der Waals surface area (Å²) in [4.78, 5) is 23.5. The SMILES string of the molecule is COc1ccc(S(=O)(=O)N(CCC(C)C)C[C@@H](O)[C@H](CC2CCCCC2)NC(=O)CCCC(=O)O)cc1. The lowest BCUT2D eigenvalue weighted by atomic mass is 9.83. The fourth-order valence-electron chi connectivity index (χ4n) is 4.72. The standard InChI is InChI=1S/C27H44N2O7S/c1-20(2)16-17-29(37(34,35)23-14-12-22(36-3)13-15-23)19-25(30)24(18-21-8-5-4-6-9-21)28-26(31)10-7-11-27(32)33/h12-15,20-21,24-25,30H,4-11,16-19H2,1-3H3,(H,28,31)(H,32,33)/t24-,25+/m0/s1. The Morgan fingerprint density at radius 1 is 1.11 bits per heavy atom. The first-order chi connectivity index (χ1) is 17.5. The number of hydrogen-bond acceptors (Lipinski definition) is 6. The van der Waals surface area contributed by atoms with E-state index in [4.69, 9.17) is 9.84 Å². The fourth-order valence-corrected chi connectivity index (χ4v) is 6.19. The molecule has 1 amide bonds. The predicted molar refractivity (Wildman–Crippen MR) is 142 cm³/mol. The molecule has 3 N–H and O–H groups in total. The average molecular weight is 541 g/mol. The van der Waals surface area contributed by atoms with E-state index < -0.39 is 28.1 Å². The molecule has 0 heterocycles. The van der Waals surface area contributed by atoms with Crippen molar-refractivity contribution in [1.82, 2.24) is 9.62 Å². The zero-order valence-corrected chi connectivity index (χ0v) is 23.2. The minimum atomic E-state index is -3.90. The number of rotatable bonds is 16. The van der Waals surface area contributed by atoms with E-state index in [0.717, 1.165) is 25.7 Å². The minimum absolute atomic E-state index is 0.0431. The van der Waals surface area contributed by atoms with Crippen LogP contribution in [-0.2, 0) is 19.6 Å². The molecular formula is C27H44N2O7S. The highest BCUT2D eigenvalue weighted by atomic mass is 32.2. The van der Waals surface area contributed by atoms with Gasteiger partial charge in [-0.2, -0.15) is 4.31 Å². The third-order valence-corrected chi connectivity index (χ3v) is 8.84. The van der Waals surface area contributed by atoms with Crippen molar-refractivity contribution in [3.8, 4) is 5.75 Å². The second kappa shape index (κ2) is 15.3. The number of nitrogens with zero attached hydrogens (tertiary/aromatic N) is 1. The lowest BCUT2D eigenvalue weighted by molar-refractivity contribution is -0.137. The van der Waals surface area contributed by atoms with Gasteiger partial charge in [-0.1, -0.05) is 46.0 Å². The Morgan fingerprint density at radius 2 is 1.76 bits per heavy atom. The van der Waals surface area contributed by atoms with E-state index in [1.165, 1.54) is 30.0 Å². The summed E-state index contributed by atoms with van der Waals surface area (Å²) in [5.74, 6) is -0.137. The third kappa shape index (κ3) is 10.6. The topological polar surface area (TPSA) is 133 Å². The summed E-state index contributed by atoms with van der Waals surface area (Å²) in [6, 6.07) is 5.55. The van der Waals surface area contributed by atoms with Gasteiger partial charge in [0.15, 0.2) is 0 Å². The summed E-state index contributed by atoms with van der Waals surface area (Å²) in [7, 11) is -2.38. The van der Waals surface area contributed by atoms with Gasteiger partial charge in [-0.25, -0.2) is 8.42 Å². The number of aliphatic hydroxyl groups excluding tert-OH is 1. The molecule has 0 radical (unpaired) electrons. The Kier molecular flexibility index (Phi) is 12.8. The molecule has 1 fully saturated rings. The molecule has 0 aliphatic heterocycles. The number of carbonyl (C=O) groups is 2. The number of carbonyl (C=O) groups excluding carboxylic acids is 1. The van der Waals surface area contributed by atoms with Crippen LogP contribution in [0.3, 0.4) is 0 Å². The summed E-state index contributed by atoms with van der Waals surface area (Å²) in [6.45, 7) is 4.12. The van der Waals surface area contributed by atoms with Gasteiger partial charge >= 0.3 is 5.97 Å². The monoisotopic (exact) mass is 540 g/mol. The number of ether oxygens (including phenoxy) is 1. The average Bonchev–Trinajstić information content (AvgIpc) is 2.86. The van der Waals surface area contributed by atoms with E-state index in [2.05, 4.69) is 5.32 Å². The van der Waals surface area contributed by atoms with Crippen molar-refractivity contribution in [3.63, 3.8) is 0 Å². The summed E-state index contributed by atoms with van der Waals surface area (Å²) in [6.07, 6.45) is 5.63. The molecule has 0 saturated heterocycles. The highest BCUT2D eigenvalue weighted by molar-refractivity contribution is 7.89. The van der Waals surface area contributed by atoms with Gasteiger partial charge < -0.3 is 20.3 Å². The lowest BCUT2D eigenvalue weighted by Crippen LogP contribution is -2.50. The quantitative estimate of drug-likeness (QED) is 0.290. The van der Waals surface area contributed by atoms with Crippen LogP contribution in [0.25, 0.3) is 0 Å². The van der Waals surface area contributed by atoms with Crippen LogP contribution in [0, 0.1) is 11.8 Å². The van der Waals surface area contributed by atoms with Gasteiger partial charge in [0.25, 0.3) is 0 Å². The van der Waals surface area contributed by atoms with Crippen LogP contribution in [0.15, 0.2) is 29.2 Å². The first-order valence-electron chi connectivity index (χ1n) is 13.4. The number of carboxylic acids is 1. The Bertz CT molecular complexity index is 944. The van der Waals surface area contributed by atoms with Crippen LogP contribution in [0.5, 0.6) is 5.75 Å². The summed E-state index contributed by atoms with van der Waals surface area (Å²) < 4.78 is 33.6. The van der Waals surface area contributed by atoms with E-state index in [9.17, 15) is 23.1 Å². The molecule has 0 unspecified atom stereocenters. The molecule has 2 rings (SSSR count). The number of aliphatic hydroxyl groups is 1. The van der Waals surface area contributed by atoms with Gasteiger partial charge in [0.1, 0.15) is 5.75 Å². The highest BCUT2D eigenvalue weighted by Crippen LogP contribution is 2.29. The van der Waals surface area contributed by atoms with Crippen molar-refractivity contribution in [2.24, 2.45) is 11.8 Å². The van der Waals surface area contributed by atoms with Crippen molar-refractivity contribution in [1.29, 1.82) is 0 Å². The normalized spacial score (nSPS) is 16.5. The molecule has 1 aliphatic rings. The van der Waals surface area contributed by atoms with E-state index >= 15 is 0 Å². The number of hydrogen-bond donors (Lipinski definition) is 3. The van der Waals surface area contributed by atoms with E-state index in [-0.39, 0.29) is 49.1 Å². The second-order valence-electron chi connectivity index (χ2n) is 10.4. The molecule has 1 aliphatic carbocycles. The minimum Gasteiger partial charge on any atom is -0.497 e. The van der Waals surface area contributed by atoms with Crippen LogP contribution >= 0.6 is 0 Å². The largest absolute Gasteiger partial charge is 0.497 e. The van der Waals surface area contributed by atoms with Crippen LogP contribution in [0.4, 0.5) is 0 Å².